The Hall–Kier alpha value is -2.62. The summed E-state index contributed by atoms with van der Waals surface area (Å²) in [6.07, 6.45) is 7.59. The molecule has 0 spiro atoms. The van der Waals surface area contributed by atoms with Crippen molar-refractivity contribution in [2.24, 2.45) is 4.99 Å². The largest absolute Gasteiger partial charge is 0.447 e. The number of hydrogen-bond acceptors (Lipinski definition) is 8. The summed E-state index contributed by atoms with van der Waals surface area (Å²) >= 11 is 1.70. The number of aliphatic hydroxyl groups is 1. The number of rotatable bonds is 6. The molecule has 2 aromatic rings. The van der Waals surface area contributed by atoms with Crippen LogP contribution in [0.3, 0.4) is 0 Å². The van der Waals surface area contributed by atoms with Crippen molar-refractivity contribution in [2.45, 2.75) is 87.8 Å². The van der Waals surface area contributed by atoms with Gasteiger partial charge in [-0.05, 0) is 106 Å². The van der Waals surface area contributed by atoms with Gasteiger partial charge in [0.1, 0.15) is 12.4 Å². The van der Waals surface area contributed by atoms with E-state index in [0.717, 1.165) is 85.4 Å². The lowest BCUT2D eigenvalue weighted by Gasteiger charge is -2.27. The highest BCUT2D eigenvalue weighted by Gasteiger charge is 2.26. The molecule has 1 unspecified atom stereocenters. The molecule has 2 N–H and O–H groups in total. The number of carbonyl (C=O) groups is 1. The quantitative estimate of drug-likeness (QED) is 0.452. The number of pyridine rings is 1. The van der Waals surface area contributed by atoms with E-state index in [1.165, 1.54) is 24.0 Å². The number of nitrogens with zero attached hydrogens (tertiary/aromatic N) is 4. The van der Waals surface area contributed by atoms with E-state index in [1.54, 1.807) is 16.7 Å². The summed E-state index contributed by atoms with van der Waals surface area (Å²) in [7, 11) is 0. The Balaban J connectivity index is 1.27. The first-order valence-electron chi connectivity index (χ1n) is 14.5. The summed E-state index contributed by atoms with van der Waals surface area (Å²) in [6, 6.07) is 11.0. The Morgan fingerprint density at radius 2 is 1.92 bits per heavy atom. The van der Waals surface area contributed by atoms with Gasteiger partial charge < -0.3 is 15.2 Å². The predicted molar refractivity (Wildman–Crippen MR) is 156 cm³/mol. The van der Waals surface area contributed by atoms with Crippen LogP contribution in [0.5, 0.6) is 0 Å². The standard InChI is InChI=1S/C30H39N5O3S/c1-20-4-11-29(39-26-18-23(7-10-25(20)26)35-14-15-38-30(35)37)33-28-17-21(19-34-12-2-3-13-34)16-27(32-28)31-22-5-8-24(36)9-6-22/h7,10,16-18,20,22,24,36H,2-6,8-9,11-15,19H2,1H3,(H,31,32). The minimum atomic E-state index is -0.276. The highest BCUT2D eigenvalue weighted by atomic mass is 32.2. The number of anilines is 2. The topological polar surface area (TPSA) is 90.3 Å². The average Bonchev–Trinajstić information content (AvgIpc) is 3.57. The molecule has 1 aliphatic carbocycles. The van der Waals surface area contributed by atoms with E-state index >= 15 is 0 Å². The molecule has 1 atom stereocenters. The molecule has 6 rings (SSSR count). The van der Waals surface area contributed by atoms with Gasteiger partial charge in [0.25, 0.3) is 0 Å². The maximum atomic E-state index is 12.2. The van der Waals surface area contributed by atoms with Crippen LogP contribution >= 0.6 is 11.8 Å². The Morgan fingerprint density at radius 3 is 2.69 bits per heavy atom. The second-order valence-electron chi connectivity index (χ2n) is 11.4. The number of hydrogen-bond donors (Lipinski definition) is 2. The molecule has 1 amide bonds. The maximum Gasteiger partial charge on any atom is 0.414 e. The van der Waals surface area contributed by atoms with Crippen LogP contribution in [0.15, 0.2) is 40.2 Å². The van der Waals surface area contributed by atoms with Gasteiger partial charge >= 0.3 is 6.09 Å². The van der Waals surface area contributed by atoms with Gasteiger partial charge in [0.15, 0.2) is 5.82 Å². The SMILES string of the molecule is CC1CCC(=Nc2cc(CN3CCCC3)cc(NC3CCC(O)CC3)n2)Sc2cc(N3CCOC3=O)ccc21. The monoisotopic (exact) mass is 549 g/mol. The molecule has 4 heterocycles. The number of thioether (sulfide) groups is 1. The van der Waals surface area contributed by atoms with Crippen molar-refractivity contribution in [1.82, 2.24) is 9.88 Å². The predicted octanol–water partition coefficient (Wildman–Crippen LogP) is 6.07. The van der Waals surface area contributed by atoms with Crippen molar-refractivity contribution in [2.75, 3.05) is 36.5 Å². The molecule has 208 valence electrons. The maximum absolute atomic E-state index is 12.2. The van der Waals surface area contributed by atoms with Crippen molar-refractivity contribution < 1.29 is 14.6 Å². The summed E-state index contributed by atoms with van der Waals surface area (Å²) in [5.41, 5.74) is 3.43. The Kier molecular flexibility index (Phi) is 8.09. The molecule has 1 aromatic carbocycles. The second kappa shape index (κ2) is 11.9. The summed E-state index contributed by atoms with van der Waals surface area (Å²) in [5, 5.41) is 14.6. The van der Waals surface area contributed by atoms with Crippen LogP contribution in [0.4, 0.5) is 22.1 Å². The molecule has 2 saturated heterocycles. The van der Waals surface area contributed by atoms with Gasteiger partial charge in [-0.15, -0.1) is 0 Å². The lowest BCUT2D eigenvalue weighted by Crippen LogP contribution is -2.28. The highest BCUT2D eigenvalue weighted by Crippen LogP contribution is 2.40. The number of fused-ring (bicyclic) bond motifs is 1. The van der Waals surface area contributed by atoms with Gasteiger partial charge in [-0.1, -0.05) is 24.8 Å². The fourth-order valence-corrected chi connectivity index (χ4v) is 7.30. The smallest absolute Gasteiger partial charge is 0.414 e. The molecule has 1 aromatic heterocycles. The fraction of sp³-hybridized carbons (Fsp3) is 0.567. The Bertz CT molecular complexity index is 1220. The highest BCUT2D eigenvalue weighted by molar-refractivity contribution is 8.14. The van der Waals surface area contributed by atoms with Crippen LogP contribution in [0, 0.1) is 0 Å². The second-order valence-corrected chi connectivity index (χ2v) is 12.5. The third kappa shape index (κ3) is 6.42. The molecule has 0 radical (unpaired) electrons. The lowest BCUT2D eigenvalue weighted by atomic mass is 9.93. The number of cyclic esters (lactones) is 1. The van der Waals surface area contributed by atoms with Crippen LogP contribution in [0.25, 0.3) is 0 Å². The van der Waals surface area contributed by atoms with Crippen LogP contribution in [0.2, 0.25) is 0 Å². The Labute approximate surface area is 235 Å². The number of amides is 1. The van der Waals surface area contributed by atoms with Gasteiger partial charge in [-0.2, -0.15) is 0 Å². The number of ether oxygens (including phenoxy) is 1. The van der Waals surface area contributed by atoms with Gasteiger partial charge in [-0.3, -0.25) is 9.80 Å². The molecule has 1 saturated carbocycles. The van der Waals surface area contributed by atoms with Gasteiger partial charge in [-0.25, -0.2) is 14.8 Å². The molecule has 3 aliphatic heterocycles. The number of aromatic nitrogens is 1. The number of likely N-dealkylation sites (tertiary alicyclic amines) is 1. The molecule has 4 aliphatic rings. The van der Waals surface area contributed by atoms with Gasteiger partial charge in [0, 0.05) is 23.2 Å². The van der Waals surface area contributed by atoms with E-state index < -0.39 is 0 Å². The minimum Gasteiger partial charge on any atom is -0.447 e. The number of carbonyl (C=O) groups excluding carboxylic acids is 1. The summed E-state index contributed by atoms with van der Waals surface area (Å²) in [5.74, 6) is 2.05. The molecule has 39 heavy (non-hydrogen) atoms. The molecule has 0 bridgehead atoms. The molecule has 3 fully saturated rings. The third-order valence-electron chi connectivity index (χ3n) is 8.38. The molecular weight excluding hydrogens is 510 g/mol. The summed E-state index contributed by atoms with van der Waals surface area (Å²) in [4.78, 5) is 27.6. The van der Waals surface area contributed by atoms with E-state index in [1.807, 2.05) is 6.07 Å². The minimum absolute atomic E-state index is 0.173. The number of aliphatic imine (C=N–C) groups is 1. The van der Waals surface area contributed by atoms with Crippen molar-refractivity contribution in [3.8, 4) is 0 Å². The van der Waals surface area contributed by atoms with E-state index in [4.69, 9.17) is 14.7 Å². The van der Waals surface area contributed by atoms with E-state index in [0.29, 0.717) is 25.1 Å². The number of nitrogens with one attached hydrogen (secondary N) is 1. The zero-order valence-corrected chi connectivity index (χ0v) is 23.6. The first kappa shape index (κ1) is 26.6. The van der Waals surface area contributed by atoms with Crippen molar-refractivity contribution in [3.63, 3.8) is 0 Å². The van der Waals surface area contributed by atoms with Crippen LogP contribution in [0.1, 0.15) is 75.3 Å². The summed E-state index contributed by atoms with van der Waals surface area (Å²) < 4.78 is 5.17. The normalized spacial score (nSPS) is 26.9. The van der Waals surface area contributed by atoms with Crippen molar-refractivity contribution in [1.29, 1.82) is 0 Å². The van der Waals surface area contributed by atoms with Crippen LogP contribution in [-0.4, -0.2) is 64.5 Å². The van der Waals surface area contributed by atoms with Crippen LogP contribution in [-0.2, 0) is 11.3 Å². The molecule has 8 nitrogen and oxygen atoms in total. The number of aliphatic hydroxyl groups excluding tert-OH is 1. The Morgan fingerprint density at radius 1 is 1.10 bits per heavy atom. The van der Waals surface area contributed by atoms with Crippen LogP contribution < -0.4 is 10.2 Å². The summed E-state index contributed by atoms with van der Waals surface area (Å²) in [6.45, 7) is 6.50. The average molecular weight is 550 g/mol. The zero-order valence-electron chi connectivity index (χ0n) is 22.8. The molecular formula is C30H39N5O3S. The van der Waals surface area contributed by atoms with Crippen molar-refractivity contribution in [3.05, 3.63) is 41.5 Å². The fourth-order valence-electron chi connectivity index (χ4n) is 6.12. The lowest BCUT2D eigenvalue weighted by molar-refractivity contribution is 0.126. The van der Waals surface area contributed by atoms with Crippen molar-refractivity contribution >= 4 is 40.2 Å². The molecule has 9 heteroatoms. The van der Waals surface area contributed by atoms with E-state index in [9.17, 15) is 9.90 Å². The zero-order chi connectivity index (χ0) is 26.8. The van der Waals surface area contributed by atoms with Gasteiger partial charge in [0.2, 0.25) is 0 Å². The first-order valence-corrected chi connectivity index (χ1v) is 15.3. The van der Waals surface area contributed by atoms with E-state index in [2.05, 4.69) is 41.4 Å². The van der Waals surface area contributed by atoms with E-state index in [-0.39, 0.29) is 12.2 Å². The first-order chi connectivity index (χ1) is 19.0. The number of benzene rings is 1. The third-order valence-corrected chi connectivity index (χ3v) is 9.49. The van der Waals surface area contributed by atoms with Gasteiger partial charge in [0.05, 0.1) is 17.7 Å².